The van der Waals surface area contributed by atoms with Gasteiger partial charge in [0, 0.05) is 30.5 Å². The monoisotopic (exact) mass is 973 g/mol. The third-order valence-electron chi connectivity index (χ3n) is 13.9. The third kappa shape index (κ3) is 12.8. The van der Waals surface area contributed by atoms with Crippen LogP contribution in [0.5, 0.6) is 0 Å². The van der Waals surface area contributed by atoms with Crippen molar-refractivity contribution in [1.29, 1.82) is 0 Å². The van der Waals surface area contributed by atoms with Gasteiger partial charge in [0.15, 0.2) is 11.3 Å². The molecule has 3 saturated heterocycles. The van der Waals surface area contributed by atoms with E-state index in [0.29, 0.717) is 60.0 Å². The Labute approximate surface area is 411 Å². The molecule has 3 atom stereocenters. The standard InChI is InChI=1S/C26H28F2N2O3.C17H22FNO.C10H9FO3.C2H6.CH4/c1-16-7-10-20(21(27)12-16)23(17-8-9-17)29-24(31)22-6-3-11-30(22)25(32)18-4-2-5-19(13-18)26(28)14-33-15-26;1-11-6-9-14(15(18)10-11)16(12-7-8-12)19-17(20)13-4-2-3-5-13;11-10(5-14-6-10)8-3-1-2-7(4-8)9(12)13;1-2;/h2,4-5,7,10,12-13,17,22-23H,3,6,8-9,11,14-15H2,1H3,(H,29,31);6,9-10,12-13,16H,2-5,7-8H2,1H3,(H,19,20);1-4H,5-6H2,(H,12,13);1-2H3;1H4/t22-,23-;16-;;;/m11.../s1/i;;;1D;. The topological polar surface area (TPSA) is 134 Å². The van der Waals surface area contributed by atoms with Gasteiger partial charge in [-0.15, -0.1) is 0 Å². The van der Waals surface area contributed by atoms with Crippen LogP contribution in [0.15, 0.2) is 84.9 Å². The largest absolute Gasteiger partial charge is 0.478 e. The minimum Gasteiger partial charge on any atom is -0.478 e. The lowest BCUT2D eigenvalue weighted by Crippen LogP contribution is -2.47. The molecule has 0 aromatic heterocycles. The van der Waals surface area contributed by atoms with Crippen LogP contribution in [0.2, 0.25) is 0 Å². The van der Waals surface area contributed by atoms with Crippen LogP contribution in [-0.4, -0.2) is 72.7 Å². The summed E-state index contributed by atoms with van der Waals surface area (Å²) in [5.74, 6) is -1.21. The lowest BCUT2D eigenvalue weighted by Gasteiger charge is -2.34. The number of nitrogens with one attached hydrogen (secondary N) is 2. The van der Waals surface area contributed by atoms with E-state index >= 15 is 0 Å². The number of carboxylic acid groups (broad SMARTS) is 1. The van der Waals surface area contributed by atoms with Crippen LogP contribution >= 0.6 is 0 Å². The molecule has 10 rings (SSSR count). The van der Waals surface area contributed by atoms with E-state index in [4.69, 9.17) is 16.0 Å². The van der Waals surface area contributed by atoms with Gasteiger partial charge in [-0.1, -0.05) is 82.6 Å². The molecule has 70 heavy (non-hydrogen) atoms. The predicted molar refractivity (Wildman–Crippen MR) is 261 cm³/mol. The molecule has 0 radical (unpaired) electrons. The number of nitrogens with zero attached hydrogens (tertiary/aromatic N) is 1. The molecule has 0 bridgehead atoms. The van der Waals surface area contributed by atoms with Gasteiger partial charge in [-0.2, -0.15) is 0 Å². The number of aromatic carboxylic acids is 1. The van der Waals surface area contributed by atoms with Crippen molar-refractivity contribution in [3.63, 3.8) is 0 Å². The normalized spacial score (nSPS) is 20.6. The van der Waals surface area contributed by atoms with E-state index in [9.17, 15) is 36.7 Å². The van der Waals surface area contributed by atoms with Gasteiger partial charge >= 0.3 is 5.97 Å². The van der Waals surface area contributed by atoms with Gasteiger partial charge in [0.05, 0.1) is 44.1 Å². The van der Waals surface area contributed by atoms with Gasteiger partial charge in [0.25, 0.3) is 5.91 Å². The summed E-state index contributed by atoms with van der Waals surface area (Å²) in [6, 6.07) is 21.7. The van der Waals surface area contributed by atoms with Gasteiger partial charge in [0.1, 0.15) is 17.7 Å². The second-order valence-corrected chi connectivity index (χ2v) is 19.2. The summed E-state index contributed by atoms with van der Waals surface area (Å²) in [6.45, 7) is 6.45. The fourth-order valence-electron chi connectivity index (χ4n) is 9.44. The van der Waals surface area contributed by atoms with Crippen molar-refractivity contribution in [2.24, 2.45) is 17.8 Å². The Kier molecular flexibility index (Phi) is 17.6. The molecule has 0 unspecified atom stereocenters. The van der Waals surface area contributed by atoms with E-state index in [2.05, 4.69) is 10.6 Å². The maximum absolute atomic E-state index is 14.8. The summed E-state index contributed by atoms with van der Waals surface area (Å²) in [7, 11) is 0. The molecule has 6 fully saturated rings. The molecule has 10 nitrogen and oxygen atoms in total. The molecule has 3 aliphatic carbocycles. The highest BCUT2D eigenvalue weighted by atomic mass is 19.2. The highest BCUT2D eigenvalue weighted by Crippen LogP contribution is 2.44. The molecule has 0 spiro atoms. The van der Waals surface area contributed by atoms with Gasteiger partial charge in [-0.05, 0) is 136 Å². The van der Waals surface area contributed by atoms with E-state index in [0.717, 1.165) is 62.5 Å². The number of carbonyl (C=O) groups excluding carboxylic acids is 3. The Hall–Kier alpha value is -5.60. The zero-order valence-electron chi connectivity index (χ0n) is 40.7. The van der Waals surface area contributed by atoms with Crippen molar-refractivity contribution in [2.45, 2.75) is 129 Å². The second kappa shape index (κ2) is 23.5. The number of hydrogen-bond acceptors (Lipinski definition) is 6. The van der Waals surface area contributed by atoms with Gasteiger partial charge < -0.3 is 30.1 Å². The molecular weight excluding hydrogens is 903 g/mol. The van der Waals surface area contributed by atoms with E-state index < -0.39 is 29.4 Å². The molecule has 3 aliphatic heterocycles. The highest BCUT2D eigenvalue weighted by Gasteiger charge is 2.44. The van der Waals surface area contributed by atoms with Crippen LogP contribution in [0.25, 0.3) is 0 Å². The molecule has 3 saturated carbocycles. The summed E-state index contributed by atoms with van der Waals surface area (Å²) in [5, 5.41) is 14.9. The first-order chi connectivity index (χ1) is 33.5. The summed E-state index contributed by atoms with van der Waals surface area (Å²) in [6.07, 6.45) is 9.56. The van der Waals surface area contributed by atoms with Crippen molar-refractivity contribution < 1.29 is 52.7 Å². The fraction of sp³-hybridized carbons (Fsp3) is 0.500. The molecule has 3 N–H and O–H groups in total. The first-order valence-corrected chi connectivity index (χ1v) is 24.2. The first kappa shape index (κ1) is 52.2. The van der Waals surface area contributed by atoms with E-state index in [1.54, 1.807) is 60.4 Å². The number of benzene rings is 4. The van der Waals surface area contributed by atoms with Crippen molar-refractivity contribution in [2.75, 3.05) is 33.0 Å². The van der Waals surface area contributed by atoms with Crippen molar-refractivity contribution in [3.05, 3.63) is 141 Å². The Bertz CT molecular complexity index is 2490. The number of hydrogen-bond donors (Lipinski definition) is 3. The highest BCUT2D eigenvalue weighted by molar-refractivity contribution is 5.98. The summed E-state index contributed by atoms with van der Waals surface area (Å²) >= 11 is 0. The average molecular weight is 973 g/mol. The molecule has 378 valence electrons. The van der Waals surface area contributed by atoms with Crippen molar-refractivity contribution in [3.8, 4) is 0 Å². The minimum absolute atomic E-state index is 0. The lowest BCUT2D eigenvalue weighted by molar-refractivity contribution is -0.135. The molecule has 4 aromatic rings. The number of ether oxygens (including phenoxy) is 2. The maximum atomic E-state index is 14.8. The van der Waals surface area contributed by atoms with E-state index in [-0.39, 0.29) is 86.7 Å². The van der Waals surface area contributed by atoms with E-state index in [1.165, 1.54) is 18.2 Å². The van der Waals surface area contributed by atoms with Crippen LogP contribution in [0.1, 0.15) is 153 Å². The van der Waals surface area contributed by atoms with Crippen molar-refractivity contribution >= 4 is 23.7 Å². The predicted octanol–water partition coefficient (Wildman–Crippen LogP) is 11.3. The van der Waals surface area contributed by atoms with Crippen molar-refractivity contribution in [1.82, 2.24) is 15.5 Å². The summed E-state index contributed by atoms with van der Waals surface area (Å²) in [5.41, 5.74) is 1.11. The molecule has 14 heteroatoms. The van der Waals surface area contributed by atoms with Gasteiger partial charge in [0.2, 0.25) is 11.8 Å². The Morgan fingerprint density at radius 2 is 1.13 bits per heavy atom. The van der Waals surface area contributed by atoms with E-state index in [1.807, 2.05) is 32.0 Å². The molecule has 4 aromatic carbocycles. The Balaban J connectivity index is 0.000000184. The fourth-order valence-corrected chi connectivity index (χ4v) is 9.44. The number of likely N-dealkylation sites (tertiary alicyclic amines) is 1. The number of aryl methyl sites for hydroxylation is 2. The second-order valence-electron chi connectivity index (χ2n) is 19.2. The number of rotatable bonds is 12. The van der Waals surface area contributed by atoms with Gasteiger partial charge in [-0.3, -0.25) is 14.4 Å². The number of alkyl halides is 2. The number of halogens is 4. The van der Waals surface area contributed by atoms with Crippen LogP contribution in [0.4, 0.5) is 17.6 Å². The van der Waals surface area contributed by atoms with Crippen LogP contribution in [0.3, 0.4) is 0 Å². The number of carboxylic acids is 1. The van der Waals surface area contributed by atoms with Crippen LogP contribution < -0.4 is 10.6 Å². The molecule has 6 aliphatic rings. The average Bonchev–Trinajstić information content (AvgIpc) is 4.24. The van der Waals surface area contributed by atoms with Gasteiger partial charge in [-0.25, -0.2) is 22.4 Å². The molecule has 3 heterocycles. The zero-order valence-corrected chi connectivity index (χ0v) is 39.7. The summed E-state index contributed by atoms with van der Waals surface area (Å²) < 4.78 is 73.3. The van der Waals surface area contributed by atoms with Crippen LogP contribution in [0, 0.1) is 43.2 Å². The first-order valence-electron chi connectivity index (χ1n) is 25.0. The molecular formula is C56H69F4N3O7. The Morgan fingerprint density at radius 3 is 1.56 bits per heavy atom. The van der Waals surface area contributed by atoms with Crippen LogP contribution in [-0.2, 0) is 30.4 Å². The smallest absolute Gasteiger partial charge is 0.335 e. The lowest BCUT2D eigenvalue weighted by atomic mass is 9.92. The maximum Gasteiger partial charge on any atom is 0.335 e. The Morgan fingerprint density at radius 1 is 0.671 bits per heavy atom. The quantitative estimate of drug-likeness (QED) is 0.120. The zero-order chi connectivity index (χ0) is 50.2. The number of carbonyl (C=O) groups is 4. The third-order valence-corrected chi connectivity index (χ3v) is 13.9. The number of amides is 3. The summed E-state index contributed by atoms with van der Waals surface area (Å²) in [4.78, 5) is 51.0. The molecule has 3 amide bonds. The minimum atomic E-state index is -1.56. The SMILES string of the molecule is C.Cc1ccc([C@H](NC(=O)C2CCCC2)C2CC2)c(F)c1.Cc1ccc([C@H](NC(=O)[C@H]2CCCN2C(=O)c2cccc(C3(F)COC3)c2)C2CC2)c(F)c1.O=C(O)c1cccc(C2(F)COC2)c1.[2H]CC.